The summed E-state index contributed by atoms with van der Waals surface area (Å²) in [5.41, 5.74) is 1.53. The molecule has 1 aliphatic heterocycles. The van der Waals surface area contributed by atoms with Gasteiger partial charge in [0.05, 0.1) is 14.2 Å². The number of hydrogen-bond donors (Lipinski definition) is 0. The largest absolute Gasteiger partial charge is 0.496 e. The molecule has 0 atom stereocenters. The number of carbonyl (C=O) groups is 2. The molecule has 6 nitrogen and oxygen atoms in total. The Balaban J connectivity index is 2.15. The highest BCUT2D eigenvalue weighted by atomic mass is 16.5. The van der Waals surface area contributed by atoms with Crippen molar-refractivity contribution >= 4 is 12.0 Å². The Morgan fingerprint density at radius 3 is 2.08 bits per heavy atom. The van der Waals surface area contributed by atoms with Gasteiger partial charge in [-0.3, -0.25) is 4.79 Å². The fraction of sp³-hybridized carbons (Fsp3) is 0.556. The Kier molecular flexibility index (Phi) is 5.36. The highest BCUT2D eigenvalue weighted by Gasteiger charge is 2.27. The minimum Gasteiger partial charge on any atom is -0.496 e. The van der Waals surface area contributed by atoms with Gasteiger partial charge in [0.2, 0.25) is 0 Å². The van der Waals surface area contributed by atoms with E-state index < -0.39 is 0 Å². The molecule has 1 aliphatic rings. The van der Waals surface area contributed by atoms with Crippen molar-refractivity contribution in [1.82, 2.24) is 9.80 Å². The number of piperazine rings is 1. The normalized spacial score (nSPS) is 15.2. The topological polar surface area (TPSA) is 59.1 Å². The summed E-state index contributed by atoms with van der Waals surface area (Å²) in [5, 5.41) is 0. The van der Waals surface area contributed by atoms with Gasteiger partial charge < -0.3 is 19.3 Å². The van der Waals surface area contributed by atoms with Crippen LogP contribution in [0.3, 0.4) is 0 Å². The number of methoxy groups -OCH3 is 2. The predicted octanol–water partition coefficient (Wildman–Crippen LogP) is 2.52. The van der Waals surface area contributed by atoms with Gasteiger partial charge in [0, 0.05) is 37.3 Å². The summed E-state index contributed by atoms with van der Waals surface area (Å²) >= 11 is 0. The SMILES string of the molecule is COC(=O)N1CCN(C(=O)c2ccc(OC)c(C(C)(C)C)c2)CC1. The van der Waals surface area contributed by atoms with Crippen LogP contribution in [0, 0.1) is 0 Å². The first-order chi connectivity index (χ1) is 11.3. The zero-order valence-corrected chi connectivity index (χ0v) is 15.1. The standard InChI is InChI=1S/C18H26N2O4/c1-18(2,3)14-12-13(6-7-15(14)23-4)16(21)19-8-10-20(11-9-19)17(22)24-5/h6-7,12H,8-11H2,1-5H3. The third-order valence-corrected chi connectivity index (χ3v) is 4.25. The van der Waals surface area contributed by atoms with E-state index >= 15 is 0 Å². The second kappa shape index (κ2) is 7.11. The lowest BCUT2D eigenvalue weighted by molar-refractivity contribution is 0.0599. The monoisotopic (exact) mass is 334 g/mol. The number of benzene rings is 1. The van der Waals surface area contributed by atoms with Crippen molar-refractivity contribution in [3.05, 3.63) is 29.3 Å². The van der Waals surface area contributed by atoms with E-state index in [0.717, 1.165) is 11.3 Å². The van der Waals surface area contributed by atoms with Crippen molar-refractivity contribution in [2.24, 2.45) is 0 Å². The van der Waals surface area contributed by atoms with Crippen LogP contribution in [0.15, 0.2) is 18.2 Å². The zero-order chi connectivity index (χ0) is 17.9. The molecule has 132 valence electrons. The summed E-state index contributed by atoms with van der Waals surface area (Å²) in [6.45, 7) is 8.26. The lowest BCUT2D eigenvalue weighted by Crippen LogP contribution is -2.50. The maximum Gasteiger partial charge on any atom is 0.409 e. The van der Waals surface area contributed by atoms with E-state index in [9.17, 15) is 9.59 Å². The average Bonchev–Trinajstić information content (AvgIpc) is 2.59. The summed E-state index contributed by atoms with van der Waals surface area (Å²) in [5.74, 6) is 0.766. The molecule has 2 amide bonds. The highest BCUT2D eigenvalue weighted by molar-refractivity contribution is 5.95. The zero-order valence-electron chi connectivity index (χ0n) is 15.1. The molecule has 6 heteroatoms. The molecule has 1 saturated heterocycles. The van der Waals surface area contributed by atoms with Crippen molar-refractivity contribution < 1.29 is 19.1 Å². The molecule has 0 aliphatic carbocycles. The van der Waals surface area contributed by atoms with Crippen LogP contribution >= 0.6 is 0 Å². The molecular weight excluding hydrogens is 308 g/mol. The Labute approximate surface area is 143 Å². The molecule has 1 fully saturated rings. The van der Waals surface area contributed by atoms with Crippen LogP contribution in [0.1, 0.15) is 36.7 Å². The van der Waals surface area contributed by atoms with E-state index in [1.54, 1.807) is 23.0 Å². The number of carbonyl (C=O) groups excluding carboxylic acids is 2. The number of hydrogen-bond acceptors (Lipinski definition) is 4. The van der Waals surface area contributed by atoms with Crippen LogP contribution < -0.4 is 4.74 Å². The predicted molar refractivity (Wildman–Crippen MR) is 91.6 cm³/mol. The fourth-order valence-electron chi connectivity index (χ4n) is 2.83. The number of amides is 2. The molecule has 0 saturated carbocycles. The van der Waals surface area contributed by atoms with Crippen LogP contribution in [-0.2, 0) is 10.2 Å². The maximum atomic E-state index is 12.8. The Morgan fingerprint density at radius 1 is 1.00 bits per heavy atom. The molecule has 2 rings (SSSR count). The first-order valence-corrected chi connectivity index (χ1v) is 8.08. The van der Waals surface area contributed by atoms with Crippen LogP contribution in [0.2, 0.25) is 0 Å². The first-order valence-electron chi connectivity index (χ1n) is 8.08. The Hall–Kier alpha value is -2.24. The molecule has 0 unspecified atom stereocenters. The van der Waals surface area contributed by atoms with E-state index in [0.29, 0.717) is 31.7 Å². The molecule has 1 aromatic rings. The minimum atomic E-state index is -0.346. The number of rotatable bonds is 2. The summed E-state index contributed by atoms with van der Waals surface area (Å²) < 4.78 is 10.1. The van der Waals surface area contributed by atoms with E-state index in [2.05, 4.69) is 20.8 Å². The van der Waals surface area contributed by atoms with E-state index in [1.807, 2.05) is 12.1 Å². The molecule has 0 bridgehead atoms. The van der Waals surface area contributed by atoms with Crippen LogP contribution in [0.25, 0.3) is 0 Å². The van der Waals surface area contributed by atoms with Gasteiger partial charge >= 0.3 is 6.09 Å². The van der Waals surface area contributed by atoms with Gasteiger partial charge in [-0.05, 0) is 23.6 Å². The van der Waals surface area contributed by atoms with Crippen LogP contribution in [0.4, 0.5) is 4.79 Å². The van der Waals surface area contributed by atoms with Gasteiger partial charge in [-0.2, -0.15) is 0 Å². The minimum absolute atomic E-state index is 0.0207. The second-order valence-electron chi connectivity index (χ2n) is 6.91. The molecule has 0 aromatic heterocycles. The lowest BCUT2D eigenvalue weighted by atomic mass is 9.85. The van der Waals surface area contributed by atoms with E-state index in [-0.39, 0.29) is 17.4 Å². The third kappa shape index (κ3) is 3.80. The summed E-state index contributed by atoms with van der Waals surface area (Å²) in [6, 6.07) is 5.55. The van der Waals surface area contributed by atoms with Crippen molar-refractivity contribution in [2.45, 2.75) is 26.2 Å². The third-order valence-electron chi connectivity index (χ3n) is 4.25. The molecule has 24 heavy (non-hydrogen) atoms. The number of nitrogens with zero attached hydrogens (tertiary/aromatic N) is 2. The highest BCUT2D eigenvalue weighted by Crippen LogP contribution is 2.32. The van der Waals surface area contributed by atoms with Gasteiger partial charge in [0.15, 0.2) is 0 Å². The van der Waals surface area contributed by atoms with Gasteiger partial charge in [0.1, 0.15) is 5.75 Å². The quantitative estimate of drug-likeness (QED) is 0.834. The Morgan fingerprint density at radius 2 is 1.58 bits per heavy atom. The first kappa shape index (κ1) is 18.1. The van der Waals surface area contributed by atoms with Crippen molar-refractivity contribution in [3.63, 3.8) is 0 Å². The van der Waals surface area contributed by atoms with Crippen molar-refractivity contribution in [3.8, 4) is 5.75 Å². The van der Waals surface area contributed by atoms with Crippen LogP contribution in [0.5, 0.6) is 5.75 Å². The van der Waals surface area contributed by atoms with Crippen molar-refractivity contribution in [2.75, 3.05) is 40.4 Å². The smallest absolute Gasteiger partial charge is 0.409 e. The number of ether oxygens (including phenoxy) is 2. The summed E-state index contributed by atoms with van der Waals surface area (Å²) in [6.07, 6.45) is -0.346. The summed E-state index contributed by atoms with van der Waals surface area (Å²) in [7, 11) is 3.00. The summed E-state index contributed by atoms with van der Waals surface area (Å²) in [4.78, 5) is 27.7. The molecule has 0 spiro atoms. The van der Waals surface area contributed by atoms with Gasteiger partial charge in [-0.1, -0.05) is 20.8 Å². The van der Waals surface area contributed by atoms with Crippen molar-refractivity contribution in [1.29, 1.82) is 0 Å². The molecule has 0 radical (unpaired) electrons. The fourth-order valence-corrected chi connectivity index (χ4v) is 2.83. The van der Waals surface area contributed by atoms with Gasteiger partial charge in [-0.15, -0.1) is 0 Å². The molecule has 0 N–H and O–H groups in total. The Bertz CT molecular complexity index is 614. The maximum absolute atomic E-state index is 12.8. The average molecular weight is 334 g/mol. The van der Waals surface area contributed by atoms with Crippen LogP contribution in [-0.4, -0.2) is 62.2 Å². The molecule has 1 aromatic carbocycles. The van der Waals surface area contributed by atoms with E-state index in [1.165, 1.54) is 7.11 Å². The lowest BCUT2D eigenvalue weighted by Gasteiger charge is -2.34. The van der Waals surface area contributed by atoms with Gasteiger partial charge in [0.25, 0.3) is 5.91 Å². The molecule has 1 heterocycles. The molecular formula is C18H26N2O4. The second-order valence-corrected chi connectivity index (χ2v) is 6.91. The van der Waals surface area contributed by atoms with E-state index in [4.69, 9.17) is 9.47 Å². The van der Waals surface area contributed by atoms with Gasteiger partial charge in [-0.25, -0.2) is 4.79 Å².